The second-order valence-corrected chi connectivity index (χ2v) is 6.49. The van der Waals surface area contributed by atoms with E-state index in [-0.39, 0.29) is 16.9 Å². The van der Waals surface area contributed by atoms with E-state index < -0.39 is 22.0 Å². The Hall–Kier alpha value is -1.91. The largest absolute Gasteiger partial charge is 0.478 e. The second-order valence-electron chi connectivity index (χ2n) is 4.81. The SMILES string of the molecule is CCC(CC#N)NS(=O)(=O)c1cc(C(=O)O)cc(C)c1C. The molecule has 0 aliphatic rings. The number of nitriles is 1. The normalized spacial score (nSPS) is 12.7. The van der Waals surface area contributed by atoms with Crippen LogP contribution in [-0.2, 0) is 10.0 Å². The van der Waals surface area contributed by atoms with E-state index in [9.17, 15) is 13.2 Å². The molecule has 0 aliphatic carbocycles. The van der Waals surface area contributed by atoms with Crippen molar-refractivity contribution in [3.63, 3.8) is 0 Å². The topological polar surface area (TPSA) is 107 Å². The summed E-state index contributed by atoms with van der Waals surface area (Å²) < 4.78 is 27.3. The summed E-state index contributed by atoms with van der Waals surface area (Å²) in [6.07, 6.45) is 0.538. The number of rotatable bonds is 6. The molecule has 0 saturated heterocycles. The van der Waals surface area contributed by atoms with Gasteiger partial charge in [-0.2, -0.15) is 5.26 Å². The smallest absolute Gasteiger partial charge is 0.335 e. The van der Waals surface area contributed by atoms with Crippen LogP contribution < -0.4 is 4.72 Å². The maximum atomic E-state index is 12.4. The van der Waals surface area contributed by atoms with E-state index in [0.717, 1.165) is 6.07 Å². The highest BCUT2D eigenvalue weighted by Crippen LogP contribution is 2.22. The first-order chi connectivity index (χ1) is 9.72. The Bertz CT molecular complexity index is 690. The van der Waals surface area contributed by atoms with Crippen LogP contribution in [0.3, 0.4) is 0 Å². The van der Waals surface area contributed by atoms with Gasteiger partial charge >= 0.3 is 5.97 Å². The van der Waals surface area contributed by atoms with Crippen molar-refractivity contribution in [1.29, 1.82) is 5.26 Å². The molecular weight excluding hydrogens is 292 g/mol. The monoisotopic (exact) mass is 310 g/mol. The van der Waals surface area contributed by atoms with Crippen molar-refractivity contribution < 1.29 is 18.3 Å². The number of sulfonamides is 1. The number of carbonyl (C=O) groups is 1. The van der Waals surface area contributed by atoms with Crippen molar-refractivity contribution in [2.75, 3.05) is 0 Å². The minimum atomic E-state index is -3.87. The van der Waals surface area contributed by atoms with Crippen LogP contribution in [0.25, 0.3) is 0 Å². The summed E-state index contributed by atoms with van der Waals surface area (Å²) in [7, 11) is -3.87. The highest BCUT2D eigenvalue weighted by molar-refractivity contribution is 7.89. The fourth-order valence-electron chi connectivity index (χ4n) is 1.89. The first-order valence-electron chi connectivity index (χ1n) is 6.46. The zero-order valence-corrected chi connectivity index (χ0v) is 13.0. The van der Waals surface area contributed by atoms with Crippen LogP contribution >= 0.6 is 0 Å². The second kappa shape index (κ2) is 6.70. The Morgan fingerprint density at radius 1 is 1.43 bits per heavy atom. The Morgan fingerprint density at radius 2 is 2.05 bits per heavy atom. The molecule has 0 bridgehead atoms. The summed E-state index contributed by atoms with van der Waals surface area (Å²) in [5, 5.41) is 17.7. The van der Waals surface area contributed by atoms with Gasteiger partial charge in [0.1, 0.15) is 0 Å². The van der Waals surface area contributed by atoms with E-state index in [1.54, 1.807) is 20.8 Å². The summed E-state index contributed by atoms with van der Waals surface area (Å²) in [6.45, 7) is 5.06. The molecule has 21 heavy (non-hydrogen) atoms. The maximum Gasteiger partial charge on any atom is 0.335 e. The molecule has 0 aliphatic heterocycles. The van der Waals surface area contributed by atoms with Crippen LogP contribution in [0, 0.1) is 25.2 Å². The van der Waals surface area contributed by atoms with E-state index >= 15 is 0 Å². The van der Waals surface area contributed by atoms with Crippen LogP contribution in [0.1, 0.15) is 41.3 Å². The lowest BCUT2D eigenvalue weighted by Gasteiger charge is -2.16. The number of carboxylic acids is 1. The fourth-order valence-corrected chi connectivity index (χ4v) is 3.55. The van der Waals surface area contributed by atoms with Gasteiger partial charge in [-0.25, -0.2) is 17.9 Å². The minimum Gasteiger partial charge on any atom is -0.478 e. The third-order valence-electron chi connectivity index (χ3n) is 3.31. The highest BCUT2D eigenvalue weighted by Gasteiger charge is 2.23. The molecule has 0 aromatic heterocycles. The average Bonchev–Trinajstić information content (AvgIpc) is 2.40. The molecule has 0 fully saturated rings. The number of aryl methyl sites for hydroxylation is 1. The van der Waals surface area contributed by atoms with E-state index in [4.69, 9.17) is 10.4 Å². The highest BCUT2D eigenvalue weighted by atomic mass is 32.2. The predicted molar refractivity (Wildman–Crippen MR) is 77.5 cm³/mol. The minimum absolute atomic E-state index is 0.0590. The number of benzene rings is 1. The van der Waals surface area contributed by atoms with Gasteiger partial charge in [0, 0.05) is 6.04 Å². The van der Waals surface area contributed by atoms with Crippen molar-refractivity contribution in [2.45, 2.75) is 44.6 Å². The summed E-state index contributed by atoms with van der Waals surface area (Å²) in [5.41, 5.74) is 1.01. The molecular formula is C14H18N2O4S. The molecule has 2 N–H and O–H groups in total. The number of carboxylic acid groups (broad SMARTS) is 1. The third-order valence-corrected chi connectivity index (χ3v) is 4.96. The van der Waals surface area contributed by atoms with Gasteiger partial charge in [-0.15, -0.1) is 0 Å². The first kappa shape index (κ1) is 17.1. The molecule has 6 nitrogen and oxygen atoms in total. The average molecular weight is 310 g/mol. The maximum absolute atomic E-state index is 12.4. The Balaban J connectivity index is 3.31. The molecule has 0 heterocycles. The van der Waals surface area contributed by atoms with Gasteiger partial charge in [0.15, 0.2) is 0 Å². The lowest BCUT2D eigenvalue weighted by atomic mass is 10.1. The summed E-state index contributed by atoms with van der Waals surface area (Å²) in [5.74, 6) is -1.18. The van der Waals surface area contributed by atoms with Gasteiger partial charge in [-0.1, -0.05) is 6.92 Å². The van der Waals surface area contributed by atoms with Crippen molar-refractivity contribution in [3.8, 4) is 6.07 Å². The van der Waals surface area contributed by atoms with Crippen LogP contribution in [0.5, 0.6) is 0 Å². The lowest BCUT2D eigenvalue weighted by molar-refractivity contribution is 0.0696. The summed E-state index contributed by atoms with van der Waals surface area (Å²) >= 11 is 0. The van der Waals surface area contributed by atoms with E-state index in [1.807, 2.05) is 6.07 Å². The van der Waals surface area contributed by atoms with Crippen molar-refractivity contribution in [1.82, 2.24) is 4.72 Å². The number of hydrogen-bond donors (Lipinski definition) is 2. The van der Waals surface area contributed by atoms with Gasteiger partial charge in [-0.05, 0) is 43.5 Å². The van der Waals surface area contributed by atoms with Gasteiger partial charge in [0.25, 0.3) is 0 Å². The zero-order valence-electron chi connectivity index (χ0n) is 12.2. The molecule has 1 aromatic rings. The molecule has 1 atom stereocenters. The molecule has 114 valence electrons. The molecule has 0 radical (unpaired) electrons. The van der Waals surface area contributed by atoms with E-state index in [2.05, 4.69) is 4.72 Å². The molecule has 1 unspecified atom stereocenters. The fraction of sp³-hybridized carbons (Fsp3) is 0.429. The Labute approximate surface area is 124 Å². The van der Waals surface area contributed by atoms with Gasteiger partial charge in [0.2, 0.25) is 10.0 Å². The number of aromatic carboxylic acids is 1. The Morgan fingerprint density at radius 3 is 2.52 bits per heavy atom. The molecule has 0 amide bonds. The number of nitrogens with zero attached hydrogens (tertiary/aromatic N) is 1. The molecule has 0 saturated carbocycles. The van der Waals surface area contributed by atoms with Gasteiger partial charge in [0.05, 0.1) is 22.9 Å². The van der Waals surface area contributed by atoms with E-state index in [0.29, 0.717) is 17.5 Å². The number of nitrogens with one attached hydrogen (secondary N) is 1. The van der Waals surface area contributed by atoms with Crippen molar-refractivity contribution in [3.05, 3.63) is 28.8 Å². The van der Waals surface area contributed by atoms with Crippen molar-refractivity contribution in [2.24, 2.45) is 0 Å². The van der Waals surface area contributed by atoms with Crippen LogP contribution in [0.4, 0.5) is 0 Å². The van der Waals surface area contributed by atoms with Crippen molar-refractivity contribution >= 4 is 16.0 Å². The first-order valence-corrected chi connectivity index (χ1v) is 7.95. The number of hydrogen-bond acceptors (Lipinski definition) is 4. The van der Waals surface area contributed by atoms with Crippen LogP contribution in [0.2, 0.25) is 0 Å². The van der Waals surface area contributed by atoms with Crippen LogP contribution in [-0.4, -0.2) is 25.5 Å². The Kier molecular flexibility index (Phi) is 5.47. The standard InChI is InChI=1S/C14H18N2O4S/c1-4-12(5-6-15)16-21(19,20)13-8-11(14(17)18)7-9(2)10(13)3/h7-8,12,16H,4-5H2,1-3H3,(H,17,18). The zero-order chi connectivity index (χ0) is 16.2. The molecule has 1 rings (SSSR count). The molecule has 1 aromatic carbocycles. The summed E-state index contributed by atoms with van der Waals surface area (Å²) in [6, 6.07) is 4.01. The van der Waals surface area contributed by atoms with Gasteiger partial charge in [-0.3, -0.25) is 0 Å². The van der Waals surface area contributed by atoms with E-state index in [1.165, 1.54) is 6.07 Å². The quantitative estimate of drug-likeness (QED) is 0.835. The summed E-state index contributed by atoms with van der Waals surface area (Å²) in [4.78, 5) is 11.0. The lowest BCUT2D eigenvalue weighted by Crippen LogP contribution is -2.34. The predicted octanol–water partition coefficient (Wildman–Crippen LogP) is 1.97. The van der Waals surface area contributed by atoms with Crippen LogP contribution in [0.15, 0.2) is 17.0 Å². The third kappa shape index (κ3) is 4.03. The molecule has 0 spiro atoms. The molecule has 7 heteroatoms. The van der Waals surface area contributed by atoms with Gasteiger partial charge < -0.3 is 5.11 Å².